The van der Waals surface area contributed by atoms with Crippen LogP contribution < -0.4 is 20.7 Å². The highest BCUT2D eigenvalue weighted by Gasteiger charge is 2.31. The number of hydrogen-bond acceptors (Lipinski definition) is 7. The molecule has 0 bridgehead atoms. The summed E-state index contributed by atoms with van der Waals surface area (Å²) in [4.78, 5) is 24.4. The van der Waals surface area contributed by atoms with Crippen LogP contribution in [0.5, 0.6) is 5.75 Å². The number of nitrogens with zero attached hydrogens (tertiary/aromatic N) is 3. The number of rotatable bonds is 8. The Morgan fingerprint density at radius 3 is 2.53 bits per heavy atom. The van der Waals surface area contributed by atoms with Gasteiger partial charge in [-0.05, 0) is 30.3 Å². The zero-order valence-electron chi connectivity index (χ0n) is 15.5. The van der Waals surface area contributed by atoms with Crippen molar-refractivity contribution in [3.05, 3.63) is 66.6 Å². The summed E-state index contributed by atoms with van der Waals surface area (Å²) in [5, 5.41) is 8.66. The van der Waals surface area contributed by atoms with Crippen LogP contribution in [0.1, 0.15) is 10.4 Å². The van der Waals surface area contributed by atoms with Crippen molar-refractivity contribution >= 4 is 23.4 Å². The first kappa shape index (κ1) is 20.8. The Hall–Kier alpha value is -3.89. The predicted molar refractivity (Wildman–Crippen MR) is 103 cm³/mol. The fraction of sp³-hybridized carbons (Fsp3) is 0.158. The molecule has 0 aliphatic rings. The van der Waals surface area contributed by atoms with E-state index in [0.717, 1.165) is 12.1 Å². The fourth-order valence-electron chi connectivity index (χ4n) is 2.39. The summed E-state index contributed by atoms with van der Waals surface area (Å²) in [6.45, 7) is 0.556. The number of halogens is 3. The van der Waals surface area contributed by atoms with Crippen LogP contribution in [0.3, 0.4) is 0 Å². The lowest BCUT2D eigenvalue weighted by atomic mass is 10.2. The van der Waals surface area contributed by atoms with Gasteiger partial charge >= 0.3 is 6.36 Å². The molecule has 2 aromatic heterocycles. The normalized spacial score (nSPS) is 10.9. The van der Waals surface area contributed by atoms with Crippen LogP contribution in [0.15, 0.2) is 61.1 Å². The molecule has 0 unspecified atom stereocenters. The minimum Gasteiger partial charge on any atom is -0.406 e. The number of aromatic nitrogens is 3. The molecule has 0 radical (unpaired) electrons. The lowest BCUT2D eigenvalue weighted by Crippen LogP contribution is -2.29. The summed E-state index contributed by atoms with van der Waals surface area (Å²) in [5.41, 5.74) is 0.0561. The zero-order chi connectivity index (χ0) is 21.4. The first-order chi connectivity index (χ1) is 14.4. The van der Waals surface area contributed by atoms with E-state index < -0.39 is 18.0 Å². The monoisotopic (exact) mass is 418 g/mol. The van der Waals surface area contributed by atoms with Crippen molar-refractivity contribution in [3.8, 4) is 5.75 Å². The molecule has 0 spiro atoms. The Labute approximate surface area is 169 Å². The molecule has 3 rings (SSSR count). The molecule has 156 valence electrons. The molecule has 0 saturated heterocycles. The molecule has 8 nitrogen and oxygen atoms in total. The van der Waals surface area contributed by atoms with Gasteiger partial charge in [-0.15, -0.1) is 13.2 Å². The molecule has 30 heavy (non-hydrogen) atoms. The summed E-state index contributed by atoms with van der Waals surface area (Å²) in [6.07, 6.45) is -1.80. The van der Waals surface area contributed by atoms with Crippen LogP contribution in [0.25, 0.3) is 0 Å². The van der Waals surface area contributed by atoms with Crippen molar-refractivity contribution in [2.45, 2.75) is 6.36 Å². The SMILES string of the molecule is O=C(NCCNc1cc(Nc2ccccn2)ncn1)c1cccc(OC(F)(F)F)c1. The van der Waals surface area contributed by atoms with E-state index in [1.165, 1.54) is 18.5 Å². The maximum absolute atomic E-state index is 12.3. The van der Waals surface area contributed by atoms with E-state index in [0.29, 0.717) is 24.0 Å². The van der Waals surface area contributed by atoms with E-state index in [2.05, 4.69) is 35.6 Å². The summed E-state index contributed by atoms with van der Waals surface area (Å²) in [7, 11) is 0. The molecule has 11 heteroatoms. The minimum atomic E-state index is -4.82. The number of ether oxygens (including phenoxy) is 1. The number of alkyl halides is 3. The number of hydrogen-bond donors (Lipinski definition) is 3. The van der Waals surface area contributed by atoms with Crippen molar-refractivity contribution < 1.29 is 22.7 Å². The van der Waals surface area contributed by atoms with Crippen molar-refractivity contribution in [1.82, 2.24) is 20.3 Å². The number of nitrogens with one attached hydrogen (secondary N) is 3. The van der Waals surface area contributed by atoms with Crippen LogP contribution in [0.2, 0.25) is 0 Å². The largest absolute Gasteiger partial charge is 0.573 e. The van der Waals surface area contributed by atoms with Crippen molar-refractivity contribution in [2.75, 3.05) is 23.7 Å². The van der Waals surface area contributed by atoms with Gasteiger partial charge in [-0.2, -0.15) is 0 Å². The van der Waals surface area contributed by atoms with Crippen LogP contribution in [0, 0.1) is 0 Å². The van der Waals surface area contributed by atoms with Gasteiger partial charge in [0, 0.05) is 30.9 Å². The number of carbonyl (C=O) groups excluding carboxylic acids is 1. The average molecular weight is 418 g/mol. The summed E-state index contributed by atoms with van der Waals surface area (Å²) >= 11 is 0. The fourth-order valence-corrected chi connectivity index (χ4v) is 2.39. The Morgan fingerprint density at radius 1 is 0.933 bits per heavy atom. The molecule has 0 atom stereocenters. The third-order valence-corrected chi connectivity index (χ3v) is 3.63. The second-order valence-electron chi connectivity index (χ2n) is 5.89. The van der Waals surface area contributed by atoms with E-state index in [1.54, 1.807) is 24.4 Å². The Bertz CT molecular complexity index is 985. The number of pyridine rings is 1. The molecule has 3 N–H and O–H groups in total. The second kappa shape index (κ2) is 9.54. The quantitative estimate of drug-likeness (QED) is 0.482. The Morgan fingerprint density at radius 2 is 1.77 bits per heavy atom. The lowest BCUT2D eigenvalue weighted by Gasteiger charge is -2.11. The molecule has 1 aromatic carbocycles. The summed E-state index contributed by atoms with van der Waals surface area (Å²) in [5.74, 6) is 0.716. The van der Waals surface area contributed by atoms with Gasteiger partial charge in [0.1, 0.15) is 29.5 Å². The average Bonchev–Trinajstić information content (AvgIpc) is 2.71. The first-order valence-electron chi connectivity index (χ1n) is 8.77. The van der Waals surface area contributed by atoms with Gasteiger partial charge in [0.25, 0.3) is 5.91 Å². The standard InChI is InChI=1S/C19H17F3N6O2/c20-19(21,22)30-14-5-3-4-13(10-14)18(29)25-9-8-24-16-11-17(27-12-26-16)28-15-6-1-2-7-23-15/h1-7,10-12H,8-9H2,(H,25,29)(H2,23,24,26,27,28). The molecular formula is C19H17F3N6O2. The zero-order valence-corrected chi connectivity index (χ0v) is 15.5. The van der Waals surface area contributed by atoms with E-state index in [9.17, 15) is 18.0 Å². The van der Waals surface area contributed by atoms with Crippen LogP contribution in [0.4, 0.5) is 30.6 Å². The molecule has 1 amide bonds. The van der Waals surface area contributed by atoms with Crippen molar-refractivity contribution in [3.63, 3.8) is 0 Å². The van der Waals surface area contributed by atoms with Crippen molar-refractivity contribution in [1.29, 1.82) is 0 Å². The van der Waals surface area contributed by atoms with Gasteiger partial charge in [-0.25, -0.2) is 15.0 Å². The molecular weight excluding hydrogens is 401 g/mol. The van der Waals surface area contributed by atoms with Gasteiger partial charge in [-0.1, -0.05) is 12.1 Å². The van der Waals surface area contributed by atoms with Crippen LogP contribution >= 0.6 is 0 Å². The maximum Gasteiger partial charge on any atom is 0.573 e. The smallest absolute Gasteiger partial charge is 0.406 e. The van der Waals surface area contributed by atoms with Crippen LogP contribution in [-0.4, -0.2) is 40.3 Å². The summed E-state index contributed by atoms with van der Waals surface area (Å²) < 4.78 is 40.7. The molecule has 3 aromatic rings. The highest BCUT2D eigenvalue weighted by Crippen LogP contribution is 2.23. The molecule has 0 aliphatic carbocycles. The van der Waals surface area contributed by atoms with E-state index in [1.807, 2.05) is 6.07 Å². The number of amides is 1. The third kappa shape index (κ3) is 6.62. The van der Waals surface area contributed by atoms with E-state index in [-0.39, 0.29) is 12.1 Å². The van der Waals surface area contributed by atoms with Gasteiger partial charge < -0.3 is 20.7 Å². The van der Waals surface area contributed by atoms with Crippen LogP contribution in [-0.2, 0) is 0 Å². The maximum atomic E-state index is 12.3. The van der Waals surface area contributed by atoms with Gasteiger partial charge in [0.2, 0.25) is 0 Å². The highest BCUT2D eigenvalue weighted by molar-refractivity contribution is 5.94. The second-order valence-corrected chi connectivity index (χ2v) is 5.89. The predicted octanol–water partition coefficient (Wildman–Crippen LogP) is 3.36. The first-order valence-corrected chi connectivity index (χ1v) is 8.77. The molecule has 2 heterocycles. The van der Waals surface area contributed by atoms with Gasteiger partial charge in [0.15, 0.2) is 0 Å². The topological polar surface area (TPSA) is 101 Å². The minimum absolute atomic E-state index is 0.0561. The van der Waals surface area contributed by atoms with E-state index >= 15 is 0 Å². The lowest BCUT2D eigenvalue weighted by molar-refractivity contribution is -0.274. The van der Waals surface area contributed by atoms with Gasteiger partial charge in [0.05, 0.1) is 0 Å². The van der Waals surface area contributed by atoms with E-state index in [4.69, 9.17) is 0 Å². The molecule has 0 aliphatic heterocycles. The number of carbonyl (C=O) groups is 1. The Kier molecular flexibility index (Phi) is 6.63. The van der Waals surface area contributed by atoms with Crippen molar-refractivity contribution in [2.24, 2.45) is 0 Å². The summed E-state index contributed by atoms with van der Waals surface area (Å²) in [6, 6.07) is 12.0. The third-order valence-electron chi connectivity index (χ3n) is 3.63. The molecule has 0 fully saturated rings. The Balaban J connectivity index is 1.47. The molecule has 0 saturated carbocycles. The number of anilines is 3. The van der Waals surface area contributed by atoms with Gasteiger partial charge in [-0.3, -0.25) is 4.79 Å². The number of benzene rings is 1. The highest BCUT2D eigenvalue weighted by atomic mass is 19.4.